The highest BCUT2D eigenvalue weighted by molar-refractivity contribution is 7.99. The zero-order chi connectivity index (χ0) is 19.4. The summed E-state index contributed by atoms with van der Waals surface area (Å²) >= 11 is 13.3. The van der Waals surface area contributed by atoms with Crippen molar-refractivity contribution in [2.75, 3.05) is 11.1 Å². The number of aromatic nitrogens is 2. The molecule has 0 aliphatic rings. The van der Waals surface area contributed by atoms with Gasteiger partial charge in [-0.25, -0.2) is 4.98 Å². The van der Waals surface area contributed by atoms with Crippen LogP contribution in [0.1, 0.15) is 13.3 Å². The van der Waals surface area contributed by atoms with Crippen LogP contribution in [0.25, 0.3) is 10.9 Å². The van der Waals surface area contributed by atoms with Gasteiger partial charge in [0.25, 0.3) is 5.56 Å². The van der Waals surface area contributed by atoms with E-state index in [-0.39, 0.29) is 17.9 Å². The number of nitrogens with one attached hydrogen (secondary N) is 1. The van der Waals surface area contributed by atoms with Gasteiger partial charge in [0.2, 0.25) is 5.91 Å². The van der Waals surface area contributed by atoms with Crippen LogP contribution in [-0.4, -0.2) is 21.2 Å². The zero-order valence-corrected chi connectivity index (χ0v) is 16.9. The SMILES string of the molecule is CCn1c(SCCC(=O)Nc2cc(Cl)cc(Cl)c2)nc2ccccc2c1=O. The van der Waals surface area contributed by atoms with Crippen molar-refractivity contribution in [1.29, 1.82) is 0 Å². The number of hydrogen-bond donors (Lipinski definition) is 1. The summed E-state index contributed by atoms with van der Waals surface area (Å²) in [5, 5.41) is 4.89. The third-order valence-electron chi connectivity index (χ3n) is 3.85. The van der Waals surface area contributed by atoms with E-state index in [2.05, 4.69) is 10.3 Å². The number of para-hydroxylation sites is 1. The molecule has 0 radical (unpaired) electrons. The van der Waals surface area contributed by atoms with Gasteiger partial charge in [-0.15, -0.1) is 0 Å². The number of thioether (sulfide) groups is 1. The van der Waals surface area contributed by atoms with E-state index in [4.69, 9.17) is 23.2 Å². The van der Waals surface area contributed by atoms with Crippen molar-refractivity contribution in [2.24, 2.45) is 0 Å². The van der Waals surface area contributed by atoms with E-state index in [1.165, 1.54) is 11.8 Å². The molecule has 1 heterocycles. The number of hydrogen-bond acceptors (Lipinski definition) is 4. The summed E-state index contributed by atoms with van der Waals surface area (Å²) in [4.78, 5) is 29.3. The van der Waals surface area contributed by atoms with Gasteiger partial charge in [-0.2, -0.15) is 0 Å². The molecule has 0 spiro atoms. The fraction of sp³-hybridized carbons (Fsp3) is 0.211. The average Bonchev–Trinajstić information content (AvgIpc) is 2.61. The van der Waals surface area contributed by atoms with Crippen molar-refractivity contribution in [3.05, 3.63) is 62.9 Å². The van der Waals surface area contributed by atoms with Crippen molar-refractivity contribution < 1.29 is 4.79 Å². The molecule has 1 amide bonds. The highest BCUT2D eigenvalue weighted by atomic mass is 35.5. The monoisotopic (exact) mass is 421 g/mol. The van der Waals surface area contributed by atoms with Crippen LogP contribution < -0.4 is 10.9 Å². The molecule has 5 nitrogen and oxygen atoms in total. The van der Waals surface area contributed by atoms with Gasteiger partial charge in [-0.1, -0.05) is 47.1 Å². The van der Waals surface area contributed by atoms with E-state index in [1.54, 1.807) is 28.8 Å². The normalized spacial score (nSPS) is 10.9. The molecule has 0 unspecified atom stereocenters. The number of anilines is 1. The van der Waals surface area contributed by atoms with Crippen LogP contribution in [0.3, 0.4) is 0 Å². The Hall–Kier alpha value is -2.02. The van der Waals surface area contributed by atoms with Gasteiger partial charge in [-0.05, 0) is 37.3 Å². The van der Waals surface area contributed by atoms with Crippen LogP contribution in [0.2, 0.25) is 10.0 Å². The Morgan fingerprint density at radius 1 is 1.19 bits per heavy atom. The number of rotatable bonds is 6. The van der Waals surface area contributed by atoms with Crippen LogP contribution >= 0.6 is 35.0 Å². The topological polar surface area (TPSA) is 64.0 Å². The van der Waals surface area contributed by atoms with Crippen LogP contribution in [0.4, 0.5) is 5.69 Å². The average molecular weight is 422 g/mol. The third-order valence-corrected chi connectivity index (χ3v) is 5.26. The molecule has 0 fully saturated rings. The Labute approximate surface area is 170 Å². The Bertz CT molecular complexity index is 1030. The van der Waals surface area contributed by atoms with E-state index >= 15 is 0 Å². The Morgan fingerprint density at radius 3 is 2.59 bits per heavy atom. The quantitative estimate of drug-likeness (QED) is 0.456. The van der Waals surface area contributed by atoms with Crippen molar-refractivity contribution in [2.45, 2.75) is 25.0 Å². The first-order chi connectivity index (χ1) is 13.0. The minimum absolute atomic E-state index is 0.0661. The van der Waals surface area contributed by atoms with Gasteiger partial charge >= 0.3 is 0 Å². The van der Waals surface area contributed by atoms with Gasteiger partial charge in [0.15, 0.2) is 5.16 Å². The maximum absolute atomic E-state index is 12.6. The molecular formula is C19H17Cl2N3O2S. The molecule has 27 heavy (non-hydrogen) atoms. The van der Waals surface area contributed by atoms with Crippen molar-refractivity contribution in [3.63, 3.8) is 0 Å². The van der Waals surface area contributed by atoms with Crippen molar-refractivity contribution in [1.82, 2.24) is 9.55 Å². The van der Waals surface area contributed by atoms with Crippen LogP contribution in [0.15, 0.2) is 52.4 Å². The number of halogens is 2. The second kappa shape index (κ2) is 8.78. The smallest absolute Gasteiger partial charge is 0.262 e. The molecule has 0 aliphatic carbocycles. The van der Waals surface area contributed by atoms with E-state index in [0.717, 1.165) is 0 Å². The predicted molar refractivity (Wildman–Crippen MR) is 112 cm³/mol. The predicted octanol–water partition coefficient (Wildman–Crippen LogP) is 4.84. The molecule has 3 aromatic rings. The summed E-state index contributed by atoms with van der Waals surface area (Å²) in [5.74, 6) is 0.331. The lowest BCUT2D eigenvalue weighted by Crippen LogP contribution is -2.22. The van der Waals surface area contributed by atoms with Gasteiger partial charge < -0.3 is 5.32 Å². The first-order valence-corrected chi connectivity index (χ1v) is 10.1. The fourth-order valence-corrected chi connectivity index (χ4v) is 4.15. The highest BCUT2D eigenvalue weighted by Crippen LogP contribution is 2.23. The summed E-state index contributed by atoms with van der Waals surface area (Å²) in [5.41, 5.74) is 1.15. The lowest BCUT2D eigenvalue weighted by molar-refractivity contribution is -0.115. The molecule has 0 atom stereocenters. The van der Waals surface area contributed by atoms with Gasteiger partial charge in [0.05, 0.1) is 10.9 Å². The summed E-state index contributed by atoms with van der Waals surface area (Å²) in [6.45, 7) is 2.42. The number of carbonyl (C=O) groups is 1. The molecule has 8 heteroatoms. The highest BCUT2D eigenvalue weighted by Gasteiger charge is 2.11. The maximum atomic E-state index is 12.6. The largest absolute Gasteiger partial charge is 0.326 e. The molecule has 1 N–H and O–H groups in total. The minimum Gasteiger partial charge on any atom is -0.326 e. The number of amides is 1. The maximum Gasteiger partial charge on any atom is 0.262 e. The van der Waals surface area contributed by atoms with Crippen LogP contribution in [-0.2, 0) is 11.3 Å². The second-order valence-electron chi connectivity index (χ2n) is 5.77. The standard InChI is InChI=1S/C19H17Cl2N3O2S/c1-2-24-18(26)15-5-3-4-6-16(15)23-19(24)27-8-7-17(25)22-14-10-12(20)9-13(21)11-14/h3-6,9-11H,2,7-8H2,1H3,(H,22,25). The first-order valence-electron chi connectivity index (χ1n) is 8.36. The van der Waals surface area contributed by atoms with Gasteiger partial charge in [0, 0.05) is 34.5 Å². The van der Waals surface area contributed by atoms with Crippen LogP contribution in [0.5, 0.6) is 0 Å². The molecule has 0 saturated carbocycles. The first kappa shape index (κ1) is 19.7. The van der Waals surface area contributed by atoms with Gasteiger partial charge in [0.1, 0.15) is 0 Å². The van der Waals surface area contributed by atoms with E-state index in [9.17, 15) is 9.59 Å². The molecule has 2 aromatic carbocycles. The summed E-state index contributed by atoms with van der Waals surface area (Å²) in [6, 6.07) is 12.1. The van der Waals surface area contributed by atoms with Crippen LogP contribution in [0, 0.1) is 0 Å². The zero-order valence-electron chi connectivity index (χ0n) is 14.5. The second-order valence-corrected chi connectivity index (χ2v) is 7.70. The summed E-state index contributed by atoms with van der Waals surface area (Å²) in [7, 11) is 0. The lowest BCUT2D eigenvalue weighted by atomic mass is 10.2. The van der Waals surface area contributed by atoms with E-state index < -0.39 is 0 Å². The summed E-state index contributed by atoms with van der Waals surface area (Å²) < 4.78 is 1.63. The molecule has 0 bridgehead atoms. The molecule has 140 valence electrons. The Kier molecular flexibility index (Phi) is 6.42. The third kappa shape index (κ3) is 4.83. The van der Waals surface area contributed by atoms with Gasteiger partial charge in [-0.3, -0.25) is 14.2 Å². The van der Waals surface area contributed by atoms with E-state index in [1.807, 2.05) is 25.1 Å². The van der Waals surface area contributed by atoms with Crippen molar-refractivity contribution >= 4 is 57.5 Å². The Balaban J connectivity index is 1.68. The number of fused-ring (bicyclic) bond motifs is 1. The fourth-order valence-electron chi connectivity index (χ4n) is 2.62. The van der Waals surface area contributed by atoms with E-state index in [0.29, 0.717) is 44.1 Å². The molecular weight excluding hydrogens is 405 g/mol. The molecule has 1 aromatic heterocycles. The number of carbonyl (C=O) groups excluding carboxylic acids is 1. The molecule has 0 aliphatic heterocycles. The number of nitrogens with zero attached hydrogens (tertiary/aromatic N) is 2. The van der Waals surface area contributed by atoms with Crippen molar-refractivity contribution in [3.8, 4) is 0 Å². The summed E-state index contributed by atoms with van der Waals surface area (Å²) in [6.07, 6.45) is 0.265. The number of benzene rings is 2. The Morgan fingerprint density at radius 2 is 1.89 bits per heavy atom. The minimum atomic E-state index is -0.160. The molecule has 3 rings (SSSR count). The molecule has 0 saturated heterocycles. The lowest BCUT2D eigenvalue weighted by Gasteiger charge is -2.11.